The van der Waals surface area contributed by atoms with E-state index in [0.29, 0.717) is 23.4 Å². The zero-order chi connectivity index (χ0) is 17.6. The van der Waals surface area contributed by atoms with Crippen molar-refractivity contribution in [3.05, 3.63) is 60.2 Å². The molecule has 3 N–H and O–H groups in total. The number of carbonyl (C=O) groups excluding carboxylic acids is 2. The van der Waals surface area contributed by atoms with Crippen molar-refractivity contribution in [1.29, 1.82) is 0 Å². The quantitative estimate of drug-likeness (QED) is 0.762. The average Bonchev–Trinajstić information content (AvgIpc) is 2.57. The molecule has 0 saturated carbocycles. The lowest BCUT2D eigenvalue weighted by molar-refractivity contribution is -0.120. The molecule has 0 aliphatic rings. The molecular weight excluding hydrogens is 304 g/mol. The third kappa shape index (κ3) is 4.93. The van der Waals surface area contributed by atoms with Crippen molar-refractivity contribution in [3.8, 4) is 0 Å². The first-order chi connectivity index (χ1) is 11.4. The van der Waals surface area contributed by atoms with E-state index in [9.17, 15) is 14.7 Å². The molecule has 2 amide bonds. The molecule has 2 aromatic carbocycles. The van der Waals surface area contributed by atoms with E-state index < -0.39 is 5.60 Å². The minimum absolute atomic E-state index is 0.0503. The molecule has 0 aromatic heterocycles. The first-order valence-corrected chi connectivity index (χ1v) is 7.88. The molecule has 0 fully saturated rings. The molecule has 2 aromatic rings. The third-order valence-electron chi connectivity index (χ3n) is 3.67. The number of anilines is 2. The third-order valence-corrected chi connectivity index (χ3v) is 3.67. The number of rotatable bonds is 6. The summed E-state index contributed by atoms with van der Waals surface area (Å²) in [6, 6.07) is 15.9. The molecule has 0 aliphatic carbocycles. The van der Waals surface area contributed by atoms with Crippen LogP contribution in [0.25, 0.3) is 0 Å². The predicted octanol–water partition coefficient (Wildman–Crippen LogP) is 3.27. The molecule has 1 atom stereocenters. The van der Waals surface area contributed by atoms with Gasteiger partial charge >= 0.3 is 0 Å². The Morgan fingerprint density at radius 3 is 1.92 bits per heavy atom. The molecule has 0 radical (unpaired) electrons. The van der Waals surface area contributed by atoms with Crippen LogP contribution in [0.1, 0.15) is 32.3 Å². The Bertz CT molecular complexity index is 694. The highest BCUT2D eigenvalue weighted by molar-refractivity contribution is 5.93. The minimum Gasteiger partial charge on any atom is -0.385 e. The minimum atomic E-state index is -1.24. The van der Waals surface area contributed by atoms with E-state index in [-0.39, 0.29) is 18.2 Å². The van der Waals surface area contributed by atoms with Crippen LogP contribution in [-0.4, -0.2) is 16.9 Å². The second kappa shape index (κ2) is 7.75. The molecule has 0 aliphatic heterocycles. The molecular formula is C19H22N2O3. The molecule has 24 heavy (non-hydrogen) atoms. The molecule has 126 valence electrons. The summed E-state index contributed by atoms with van der Waals surface area (Å²) in [6.07, 6.45) is 0.360. The lowest BCUT2D eigenvalue weighted by Gasteiger charge is -2.23. The second-order valence-electron chi connectivity index (χ2n) is 5.84. The molecule has 5 heteroatoms. The zero-order valence-electron chi connectivity index (χ0n) is 13.9. The summed E-state index contributed by atoms with van der Waals surface area (Å²) in [6.45, 7) is 3.40. The Hall–Kier alpha value is -2.66. The summed E-state index contributed by atoms with van der Waals surface area (Å²) >= 11 is 0. The van der Waals surface area contributed by atoms with Crippen LogP contribution in [0.15, 0.2) is 54.6 Å². The van der Waals surface area contributed by atoms with Crippen LogP contribution in [0.4, 0.5) is 11.4 Å². The van der Waals surface area contributed by atoms with Gasteiger partial charge in [0.25, 0.3) is 0 Å². The first-order valence-electron chi connectivity index (χ1n) is 7.88. The van der Waals surface area contributed by atoms with Crippen LogP contribution in [0.3, 0.4) is 0 Å². The average molecular weight is 326 g/mol. The highest BCUT2D eigenvalue weighted by atomic mass is 16.3. The summed E-state index contributed by atoms with van der Waals surface area (Å²) in [5.41, 5.74) is 0.743. The van der Waals surface area contributed by atoms with Crippen molar-refractivity contribution in [3.63, 3.8) is 0 Å². The van der Waals surface area contributed by atoms with Gasteiger partial charge in [0, 0.05) is 17.8 Å². The van der Waals surface area contributed by atoms with Gasteiger partial charge in [-0.25, -0.2) is 0 Å². The van der Waals surface area contributed by atoms with Crippen LogP contribution in [0, 0.1) is 0 Å². The standard InChI is InChI=1S/C19H22N2O3/c1-3-17(22)20-15-9-11-16(12-10-15)21-18(23)13-19(2,24)14-7-5-4-6-8-14/h4-12,24H,3,13H2,1-2H3,(H,20,22)(H,21,23). The maximum absolute atomic E-state index is 12.2. The second-order valence-corrected chi connectivity index (χ2v) is 5.84. The van der Waals surface area contributed by atoms with Crippen molar-refractivity contribution in [2.24, 2.45) is 0 Å². The summed E-state index contributed by atoms with van der Waals surface area (Å²) in [5, 5.41) is 16.0. The van der Waals surface area contributed by atoms with Gasteiger partial charge in [-0.15, -0.1) is 0 Å². The Balaban J connectivity index is 1.96. The highest BCUT2D eigenvalue weighted by Gasteiger charge is 2.26. The van der Waals surface area contributed by atoms with E-state index in [1.165, 1.54) is 0 Å². The molecule has 0 spiro atoms. The molecule has 2 rings (SSSR count). The summed E-state index contributed by atoms with van der Waals surface area (Å²) in [4.78, 5) is 23.5. The van der Waals surface area contributed by atoms with E-state index in [4.69, 9.17) is 0 Å². The van der Waals surface area contributed by atoms with Gasteiger partial charge in [-0.1, -0.05) is 37.3 Å². The normalized spacial score (nSPS) is 13.0. The van der Waals surface area contributed by atoms with Crippen molar-refractivity contribution in [1.82, 2.24) is 0 Å². The van der Waals surface area contributed by atoms with Gasteiger partial charge in [-0.05, 0) is 36.8 Å². The number of nitrogens with one attached hydrogen (secondary N) is 2. The maximum Gasteiger partial charge on any atom is 0.227 e. The van der Waals surface area contributed by atoms with Crippen molar-refractivity contribution in [2.45, 2.75) is 32.3 Å². The molecule has 0 heterocycles. The summed E-state index contributed by atoms with van der Waals surface area (Å²) in [7, 11) is 0. The van der Waals surface area contributed by atoms with E-state index in [0.717, 1.165) is 0 Å². The van der Waals surface area contributed by atoms with Gasteiger partial charge in [-0.3, -0.25) is 9.59 Å². The van der Waals surface area contributed by atoms with Crippen LogP contribution in [0.2, 0.25) is 0 Å². The van der Waals surface area contributed by atoms with Gasteiger partial charge in [0.15, 0.2) is 0 Å². The van der Waals surface area contributed by atoms with Gasteiger partial charge in [0.1, 0.15) is 0 Å². The van der Waals surface area contributed by atoms with Gasteiger partial charge in [0.2, 0.25) is 11.8 Å². The number of amides is 2. The molecule has 0 bridgehead atoms. The monoisotopic (exact) mass is 326 g/mol. The summed E-state index contributed by atoms with van der Waals surface area (Å²) < 4.78 is 0. The topological polar surface area (TPSA) is 78.4 Å². The molecule has 1 unspecified atom stereocenters. The van der Waals surface area contributed by atoms with E-state index >= 15 is 0 Å². The smallest absolute Gasteiger partial charge is 0.227 e. The van der Waals surface area contributed by atoms with Crippen LogP contribution >= 0.6 is 0 Å². The SMILES string of the molecule is CCC(=O)Nc1ccc(NC(=O)CC(C)(O)c2ccccc2)cc1. The Kier molecular flexibility index (Phi) is 5.71. The summed E-state index contributed by atoms with van der Waals surface area (Å²) in [5.74, 6) is -0.347. The Morgan fingerprint density at radius 2 is 1.42 bits per heavy atom. The Labute approximate surface area is 141 Å². The number of hydrogen-bond donors (Lipinski definition) is 3. The van der Waals surface area contributed by atoms with Crippen LogP contribution in [-0.2, 0) is 15.2 Å². The fourth-order valence-electron chi connectivity index (χ4n) is 2.30. The van der Waals surface area contributed by atoms with E-state index in [1.807, 2.05) is 18.2 Å². The lowest BCUT2D eigenvalue weighted by atomic mass is 9.92. The Morgan fingerprint density at radius 1 is 0.917 bits per heavy atom. The fourth-order valence-corrected chi connectivity index (χ4v) is 2.30. The van der Waals surface area contributed by atoms with Crippen LogP contribution < -0.4 is 10.6 Å². The number of aliphatic hydroxyl groups is 1. The number of carbonyl (C=O) groups is 2. The maximum atomic E-state index is 12.2. The van der Waals surface area contributed by atoms with Gasteiger partial charge in [0.05, 0.1) is 12.0 Å². The van der Waals surface area contributed by atoms with E-state index in [2.05, 4.69) is 10.6 Å². The van der Waals surface area contributed by atoms with E-state index in [1.54, 1.807) is 50.2 Å². The highest BCUT2D eigenvalue weighted by Crippen LogP contribution is 2.25. The van der Waals surface area contributed by atoms with Crippen molar-refractivity contribution < 1.29 is 14.7 Å². The molecule has 0 saturated heterocycles. The predicted molar refractivity (Wildman–Crippen MR) is 94.6 cm³/mol. The van der Waals surface area contributed by atoms with Crippen molar-refractivity contribution in [2.75, 3.05) is 10.6 Å². The largest absolute Gasteiger partial charge is 0.385 e. The van der Waals surface area contributed by atoms with Gasteiger partial charge < -0.3 is 15.7 Å². The van der Waals surface area contributed by atoms with Gasteiger partial charge in [-0.2, -0.15) is 0 Å². The zero-order valence-corrected chi connectivity index (χ0v) is 13.9. The fraction of sp³-hybridized carbons (Fsp3) is 0.263. The van der Waals surface area contributed by atoms with Crippen molar-refractivity contribution >= 4 is 23.2 Å². The number of hydrogen-bond acceptors (Lipinski definition) is 3. The number of benzene rings is 2. The lowest BCUT2D eigenvalue weighted by Crippen LogP contribution is -2.28. The molecule has 5 nitrogen and oxygen atoms in total. The van der Waals surface area contributed by atoms with Crippen LogP contribution in [0.5, 0.6) is 0 Å². The first kappa shape index (κ1) is 17.7.